The van der Waals surface area contributed by atoms with Gasteiger partial charge in [0.25, 0.3) is 0 Å². The van der Waals surface area contributed by atoms with Gasteiger partial charge in [-0.25, -0.2) is 4.98 Å². The fourth-order valence-corrected chi connectivity index (χ4v) is 3.31. The maximum absolute atomic E-state index is 6.39. The van der Waals surface area contributed by atoms with E-state index in [0.29, 0.717) is 6.54 Å². The van der Waals surface area contributed by atoms with Crippen molar-refractivity contribution in [3.05, 3.63) is 95.0 Å². The number of aryl methyl sites for hydroxylation is 1. The number of imidazole rings is 1. The van der Waals surface area contributed by atoms with Gasteiger partial charge < -0.3 is 9.30 Å². The lowest BCUT2D eigenvalue weighted by Gasteiger charge is -2.21. The smallest absolute Gasteiger partial charge is 0.142 e. The van der Waals surface area contributed by atoms with Gasteiger partial charge in [-0.3, -0.25) is 0 Å². The van der Waals surface area contributed by atoms with Crippen LogP contribution in [0.3, 0.4) is 0 Å². The molecule has 3 nitrogen and oxygen atoms in total. The molecule has 0 aliphatic rings. The van der Waals surface area contributed by atoms with Crippen LogP contribution in [-0.2, 0) is 6.54 Å². The first kappa shape index (κ1) is 16.9. The first-order chi connectivity index (χ1) is 12.7. The van der Waals surface area contributed by atoms with Gasteiger partial charge >= 0.3 is 0 Å². The third kappa shape index (κ3) is 3.65. The molecule has 0 aliphatic heterocycles. The van der Waals surface area contributed by atoms with Crippen molar-refractivity contribution in [2.75, 3.05) is 0 Å². The van der Waals surface area contributed by atoms with E-state index in [2.05, 4.69) is 76.4 Å². The predicted octanol–water partition coefficient (Wildman–Crippen LogP) is 5.93. The predicted molar refractivity (Wildman–Crippen MR) is 108 cm³/mol. The summed E-state index contributed by atoms with van der Waals surface area (Å²) in [6.07, 6.45) is 5.48. The van der Waals surface area contributed by atoms with Gasteiger partial charge in [0.1, 0.15) is 11.9 Å². The van der Waals surface area contributed by atoms with Crippen LogP contribution in [0.1, 0.15) is 17.2 Å². The molecule has 0 amide bonds. The zero-order valence-electron chi connectivity index (χ0n) is 14.5. The average molecular weight is 407 g/mol. The fourth-order valence-electron chi connectivity index (χ4n) is 3.06. The van der Waals surface area contributed by atoms with Gasteiger partial charge in [-0.05, 0) is 53.1 Å². The summed E-state index contributed by atoms with van der Waals surface area (Å²) in [6, 6.07) is 21.0. The van der Waals surface area contributed by atoms with Gasteiger partial charge in [0.2, 0.25) is 0 Å². The van der Waals surface area contributed by atoms with Crippen molar-refractivity contribution in [3.63, 3.8) is 0 Å². The molecule has 1 atom stereocenters. The quantitative estimate of drug-likeness (QED) is 0.410. The molecule has 0 bridgehead atoms. The van der Waals surface area contributed by atoms with Crippen LogP contribution in [0.2, 0.25) is 0 Å². The van der Waals surface area contributed by atoms with E-state index in [1.165, 1.54) is 10.8 Å². The Morgan fingerprint density at radius 1 is 1.04 bits per heavy atom. The Kier molecular flexibility index (Phi) is 4.76. The fraction of sp³-hybridized carbons (Fsp3) is 0.136. The van der Waals surface area contributed by atoms with Gasteiger partial charge in [0.05, 0.1) is 12.9 Å². The molecule has 4 aromatic rings. The van der Waals surface area contributed by atoms with Crippen molar-refractivity contribution < 1.29 is 4.74 Å². The summed E-state index contributed by atoms with van der Waals surface area (Å²) in [7, 11) is 0. The standard InChI is InChI=1S/C22H19BrN2O/c1-16-12-20(8-9-21(16)23)26-22(14-25-11-10-24-15-25)19-7-6-17-4-2-3-5-18(17)13-19/h2-13,15,22H,14H2,1H3. The Bertz CT molecular complexity index is 1030. The molecule has 1 unspecified atom stereocenters. The summed E-state index contributed by atoms with van der Waals surface area (Å²) < 4.78 is 9.52. The summed E-state index contributed by atoms with van der Waals surface area (Å²) in [5, 5.41) is 2.45. The molecule has 4 heteroatoms. The van der Waals surface area contributed by atoms with E-state index in [-0.39, 0.29) is 6.10 Å². The number of nitrogens with zero attached hydrogens (tertiary/aromatic N) is 2. The second-order valence-corrected chi connectivity index (χ2v) is 7.24. The first-order valence-corrected chi connectivity index (χ1v) is 9.35. The molecule has 0 spiro atoms. The van der Waals surface area contributed by atoms with Crippen molar-refractivity contribution in [2.24, 2.45) is 0 Å². The summed E-state index contributed by atoms with van der Waals surface area (Å²) in [5.74, 6) is 0.865. The molecule has 26 heavy (non-hydrogen) atoms. The highest BCUT2D eigenvalue weighted by Crippen LogP contribution is 2.29. The molecule has 0 radical (unpaired) electrons. The molecular weight excluding hydrogens is 388 g/mol. The number of ether oxygens (including phenoxy) is 1. The first-order valence-electron chi connectivity index (χ1n) is 8.56. The minimum absolute atomic E-state index is 0.102. The van der Waals surface area contributed by atoms with Gasteiger partial charge in [-0.15, -0.1) is 0 Å². The van der Waals surface area contributed by atoms with Crippen LogP contribution in [0, 0.1) is 6.92 Å². The van der Waals surface area contributed by atoms with Crippen LogP contribution in [0.15, 0.2) is 83.9 Å². The van der Waals surface area contributed by atoms with Crippen molar-refractivity contribution in [1.82, 2.24) is 9.55 Å². The zero-order chi connectivity index (χ0) is 17.9. The molecule has 1 heterocycles. The number of rotatable bonds is 5. The van der Waals surface area contributed by atoms with E-state index in [9.17, 15) is 0 Å². The lowest BCUT2D eigenvalue weighted by atomic mass is 10.0. The third-order valence-electron chi connectivity index (χ3n) is 4.49. The maximum Gasteiger partial charge on any atom is 0.142 e. The van der Waals surface area contributed by atoms with Crippen LogP contribution < -0.4 is 4.74 Å². The Morgan fingerprint density at radius 3 is 2.65 bits per heavy atom. The van der Waals surface area contributed by atoms with Crippen molar-refractivity contribution >= 4 is 26.7 Å². The largest absolute Gasteiger partial charge is 0.484 e. The SMILES string of the molecule is Cc1cc(OC(Cn2ccnc2)c2ccc3ccccc3c2)ccc1Br. The minimum atomic E-state index is -0.102. The minimum Gasteiger partial charge on any atom is -0.484 e. The summed E-state index contributed by atoms with van der Waals surface area (Å²) in [6.45, 7) is 2.77. The second-order valence-electron chi connectivity index (χ2n) is 6.38. The Labute approximate surface area is 161 Å². The van der Waals surface area contributed by atoms with Crippen molar-refractivity contribution in [2.45, 2.75) is 19.6 Å². The Morgan fingerprint density at radius 2 is 1.88 bits per heavy atom. The van der Waals surface area contributed by atoms with Crippen molar-refractivity contribution in [3.8, 4) is 5.75 Å². The highest BCUT2D eigenvalue weighted by atomic mass is 79.9. The molecule has 0 aliphatic carbocycles. The second kappa shape index (κ2) is 7.34. The Balaban J connectivity index is 1.69. The number of hydrogen-bond donors (Lipinski definition) is 0. The monoisotopic (exact) mass is 406 g/mol. The molecule has 0 fully saturated rings. The number of hydrogen-bond acceptors (Lipinski definition) is 2. The van der Waals surface area contributed by atoms with E-state index in [4.69, 9.17) is 4.74 Å². The van der Waals surface area contributed by atoms with E-state index < -0.39 is 0 Å². The van der Waals surface area contributed by atoms with E-state index >= 15 is 0 Å². The van der Waals surface area contributed by atoms with Crippen LogP contribution in [0.25, 0.3) is 10.8 Å². The Hall–Kier alpha value is -2.59. The molecular formula is C22H19BrN2O. The zero-order valence-corrected chi connectivity index (χ0v) is 16.1. The molecule has 1 aromatic heterocycles. The molecule has 130 valence electrons. The van der Waals surface area contributed by atoms with E-state index in [0.717, 1.165) is 21.3 Å². The summed E-state index contributed by atoms with van der Waals surface area (Å²) in [5.41, 5.74) is 2.31. The topological polar surface area (TPSA) is 27.1 Å². The summed E-state index contributed by atoms with van der Waals surface area (Å²) in [4.78, 5) is 4.15. The molecule has 4 rings (SSSR count). The average Bonchev–Trinajstić information content (AvgIpc) is 3.17. The summed E-state index contributed by atoms with van der Waals surface area (Å²) >= 11 is 3.55. The molecule has 0 saturated heterocycles. The number of aromatic nitrogens is 2. The third-order valence-corrected chi connectivity index (χ3v) is 5.38. The highest BCUT2D eigenvalue weighted by molar-refractivity contribution is 9.10. The van der Waals surface area contributed by atoms with Crippen LogP contribution in [0.5, 0.6) is 5.75 Å². The van der Waals surface area contributed by atoms with Crippen LogP contribution >= 0.6 is 15.9 Å². The lowest BCUT2D eigenvalue weighted by molar-refractivity contribution is 0.183. The number of fused-ring (bicyclic) bond motifs is 1. The number of benzene rings is 3. The van der Waals surface area contributed by atoms with E-state index in [1.807, 2.05) is 29.2 Å². The normalized spacial score (nSPS) is 12.2. The highest BCUT2D eigenvalue weighted by Gasteiger charge is 2.15. The molecule has 3 aromatic carbocycles. The molecule has 0 saturated carbocycles. The van der Waals surface area contributed by atoms with Crippen molar-refractivity contribution in [1.29, 1.82) is 0 Å². The van der Waals surface area contributed by atoms with E-state index in [1.54, 1.807) is 6.20 Å². The van der Waals surface area contributed by atoms with Gasteiger partial charge in [0.15, 0.2) is 0 Å². The van der Waals surface area contributed by atoms with Gasteiger partial charge in [-0.2, -0.15) is 0 Å². The van der Waals surface area contributed by atoms with Crippen LogP contribution in [-0.4, -0.2) is 9.55 Å². The van der Waals surface area contributed by atoms with Gasteiger partial charge in [-0.1, -0.05) is 52.3 Å². The van der Waals surface area contributed by atoms with Gasteiger partial charge in [0, 0.05) is 16.9 Å². The van der Waals surface area contributed by atoms with Crippen LogP contribution in [0.4, 0.5) is 0 Å². The maximum atomic E-state index is 6.39. The molecule has 0 N–H and O–H groups in total. The number of halogens is 1. The lowest BCUT2D eigenvalue weighted by Crippen LogP contribution is -2.14.